The number of aromatic nitrogens is 4. The summed E-state index contributed by atoms with van der Waals surface area (Å²) in [6.07, 6.45) is 12.8. The van der Waals surface area contributed by atoms with Gasteiger partial charge in [-0.3, -0.25) is 0 Å². The molecule has 0 radical (unpaired) electrons. The van der Waals surface area contributed by atoms with Crippen LogP contribution in [0.25, 0.3) is 11.0 Å². The van der Waals surface area contributed by atoms with Gasteiger partial charge in [0.05, 0.1) is 23.2 Å². The lowest BCUT2D eigenvalue weighted by atomic mass is 9.80. The second kappa shape index (κ2) is 11.5. The third kappa shape index (κ3) is 5.97. The molecule has 2 aliphatic carbocycles. The Labute approximate surface area is 210 Å². The molecular weight excluding hydrogens is 438 g/mol. The normalized spacial score (nSPS) is 29.0. The third-order valence-electron chi connectivity index (χ3n) is 8.65. The fourth-order valence-corrected chi connectivity index (χ4v) is 6.28. The summed E-state index contributed by atoms with van der Waals surface area (Å²) >= 11 is 0. The van der Waals surface area contributed by atoms with Gasteiger partial charge in [-0.2, -0.15) is 10.1 Å². The number of nitrogens with zero attached hydrogens (tertiary/aromatic N) is 6. The summed E-state index contributed by atoms with van der Waals surface area (Å²) in [4.78, 5) is 14.8. The summed E-state index contributed by atoms with van der Waals surface area (Å²) in [5.41, 5.74) is 2.19. The van der Waals surface area contributed by atoms with Gasteiger partial charge in [0, 0.05) is 51.4 Å². The number of aliphatic hydroxyl groups excluding tert-OH is 1. The Morgan fingerprint density at radius 2 is 1.74 bits per heavy atom. The zero-order valence-corrected chi connectivity index (χ0v) is 21.8. The van der Waals surface area contributed by atoms with Crippen LogP contribution >= 0.6 is 0 Å². The number of nitrogens with one attached hydrogen (secondary N) is 1. The highest BCUT2D eigenvalue weighted by Gasteiger charge is 2.31. The van der Waals surface area contributed by atoms with Crippen LogP contribution in [0.15, 0.2) is 6.20 Å². The fraction of sp³-hybridized carbons (Fsp3) is 0.815. The average molecular weight is 484 g/mol. The van der Waals surface area contributed by atoms with Crippen molar-refractivity contribution in [2.24, 2.45) is 5.92 Å². The van der Waals surface area contributed by atoms with E-state index in [-0.39, 0.29) is 6.10 Å². The smallest absolute Gasteiger partial charge is 0.224 e. The van der Waals surface area contributed by atoms with Crippen molar-refractivity contribution in [2.75, 3.05) is 51.6 Å². The van der Waals surface area contributed by atoms with Gasteiger partial charge in [0.1, 0.15) is 0 Å². The zero-order valence-electron chi connectivity index (χ0n) is 21.8. The molecule has 0 amide bonds. The van der Waals surface area contributed by atoms with Gasteiger partial charge < -0.3 is 20.2 Å². The van der Waals surface area contributed by atoms with Gasteiger partial charge in [-0.1, -0.05) is 13.3 Å². The largest absolute Gasteiger partial charge is 0.393 e. The summed E-state index contributed by atoms with van der Waals surface area (Å²) in [6, 6.07) is 0.321. The first-order valence-electron chi connectivity index (χ1n) is 14.2. The van der Waals surface area contributed by atoms with Crippen LogP contribution in [-0.2, 0) is 0 Å². The molecule has 8 nitrogen and oxygen atoms in total. The molecule has 3 fully saturated rings. The molecule has 2 aromatic heterocycles. The minimum absolute atomic E-state index is 0.163. The van der Waals surface area contributed by atoms with E-state index in [1.807, 2.05) is 6.20 Å². The van der Waals surface area contributed by atoms with E-state index in [1.54, 1.807) is 0 Å². The van der Waals surface area contributed by atoms with Gasteiger partial charge in [-0.05, 0) is 70.8 Å². The third-order valence-corrected chi connectivity index (χ3v) is 8.65. The van der Waals surface area contributed by atoms with Crippen molar-refractivity contribution in [3.05, 3.63) is 11.9 Å². The van der Waals surface area contributed by atoms with E-state index in [9.17, 15) is 5.11 Å². The van der Waals surface area contributed by atoms with Gasteiger partial charge in [0.25, 0.3) is 0 Å². The van der Waals surface area contributed by atoms with Crippen molar-refractivity contribution in [1.82, 2.24) is 29.5 Å². The van der Waals surface area contributed by atoms with E-state index in [0.29, 0.717) is 17.9 Å². The first kappa shape index (κ1) is 24.9. The maximum atomic E-state index is 10.0. The Bertz CT molecular complexity index is 938. The standard InChI is InChI=1S/C27H45N7O/c1-3-4-13-28-27-29-18-24-25(31-34(26(24)30-27)22-9-11-23(35)12-10-22)21-7-5-20(6-8-21)19-33-16-14-32(2)15-17-33/h18,20-23,35H,3-17,19H2,1-2H3,(H,28,29,30). The second-order valence-electron chi connectivity index (χ2n) is 11.3. The highest BCUT2D eigenvalue weighted by molar-refractivity contribution is 5.79. The van der Waals surface area contributed by atoms with Crippen molar-refractivity contribution in [3.8, 4) is 0 Å². The monoisotopic (exact) mass is 483 g/mol. The molecule has 0 unspecified atom stereocenters. The first-order valence-corrected chi connectivity index (χ1v) is 14.2. The zero-order chi connectivity index (χ0) is 24.2. The van der Waals surface area contributed by atoms with Crippen molar-refractivity contribution >= 4 is 17.0 Å². The molecule has 5 rings (SSSR count). The van der Waals surface area contributed by atoms with E-state index in [1.165, 1.54) is 64.1 Å². The molecule has 0 aromatic carbocycles. The molecule has 0 atom stereocenters. The van der Waals surface area contributed by atoms with E-state index in [2.05, 4.69) is 38.8 Å². The molecule has 0 spiro atoms. The summed E-state index contributed by atoms with van der Waals surface area (Å²) in [5, 5.41) is 19.8. The molecule has 3 heterocycles. The molecule has 1 aliphatic heterocycles. The highest BCUT2D eigenvalue weighted by Crippen LogP contribution is 2.40. The number of rotatable bonds is 8. The lowest BCUT2D eigenvalue weighted by molar-refractivity contribution is 0.108. The number of likely N-dealkylation sites (N-methyl/N-ethyl adjacent to an activating group) is 1. The number of unbranched alkanes of at least 4 members (excludes halogenated alkanes) is 1. The van der Waals surface area contributed by atoms with Crippen LogP contribution in [0.3, 0.4) is 0 Å². The van der Waals surface area contributed by atoms with Crippen LogP contribution in [0, 0.1) is 5.92 Å². The van der Waals surface area contributed by atoms with Crippen molar-refractivity contribution in [1.29, 1.82) is 0 Å². The Morgan fingerprint density at radius 1 is 1.00 bits per heavy atom. The van der Waals surface area contributed by atoms with Crippen LogP contribution in [-0.4, -0.2) is 87.1 Å². The van der Waals surface area contributed by atoms with Gasteiger partial charge in [0.15, 0.2) is 5.65 Å². The summed E-state index contributed by atoms with van der Waals surface area (Å²) < 4.78 is 2.19. The second-order valence-corrected chi connectivity index (χ2v) is 11.3. The molecule has 2 saturated carbocycles. The minimum Gasteiger partial charge on any atom is -0.393 e. The van der Waals surface area contributed by atoms with E-state index < -0.39 is 0 Å². The summed E-state index contributed by atoms with van der Waals surface area (Å²) in [7, 11) is 2.23. The van der Waals surface area contributed by atoms with Crippen LogP contribution in [0.2, 0.25) is 0 Å². The molecule has 3 aliphatic rings. The Kier molecular flexibility index (Phi) is 8.20. The molecular formula is C27H45N7O. The lowest BCUT2D eigenvalue weighted by Gasteiger charge is -2.36. The SMILES string of the molecule is CCCCNc1ncc2c(C3CCC(CN4CCN(C)CC4)CC3)nn(C3CCC(O)CC3)c2n1. The van der Waals surface area contributed by atoms with E-state index in [0.717, 1.165) is 62.0 Å². The Hall–Kier alpha value is -1.77. The van der Waals surface area contributed by atoms with Crippen molar-refractivity contribution in [2.45, 2.75) is 89.2 Å². The van der Waals surface area contributed by atoms with Crippen molar-refractivity contribution < 1.29 is 5.11 Å². The van der Waals surface area contributed by atoms with Gasteiger partial charge >= 0.3 is 0 Å². The predicted octanol–water partition coefficient (Wildman–Crippen LogP) is 4.04. The first-order chi connectivity index (χ1) is 17.1. The predicted molar refractivity (Wildman–Crippen MR) is 141 cm³/mol. The molecule has 2 N–H and O–H groups in total. The topological polar surface area (TPSA) is 82.3 Å². The number of anilines is 1. The Balaban J connectivity index is 1.31. The average Bonchev–Trinajstić information content (AvgIpc) is 3.25. The van der Waals surface area contributed by atoms with E-state index >= 15 is 0 Å². The molecule has 2 aromatic rings. The van der Waals surface area contributed by atoms with Crippen LogP contribution in [0.1, 0.15) is 88.8 Å². The quantitative estimate of drug-likeness (QED) is 0.549. The number of hydrogen-bond acceptors (Lipinski definition) is 7. The van der Waals surface area contributed by atoms with E-state index in [4.69, 9.17) is 10.1 Å². The Morgan fingerprint density at radius 3 is 2.46 bits per heavy atom. The van der Waals surface area contributed by atoms with Gasteiger partial charge in [-0.25, -0.2) is 9.67 Å². The van der Waals surface area contributed by atoms with Crippen LogP contribution < -0.4 is 5.32 Å². The number of aliphatic hydroxyl groups is 1. The van der Waals surface area contributed by atoms with Crippen LogP contribution in [0.5, 0.6) is 0 Å². The number of fused-ring (bicyclic) bond motifs is 1. The minimum atomic E-state index is -0.163. The molecule has 35 heavy (non-hydrogen) atoms. The van der Waals surface area contributed by atoms with Gasteiger partial charge in [0.2, 0.25) is 5.95 Å². The summed E-state index contributed by atoms with van der Waals surface area (Å²) in [5.74, 6) is 2.03. The fourth-order valence-electron chi connectivity index (χ4n) is 6.28. The lowest BCUT2D eigenvalue weighted by Crippen LogP contribution is -2.46. The molecule has 194 valence electrons. The maximum absolute atomic E-state index is 10.0. The molecule has 0 bridgehead atoms. The number of hydrogen-bond donors (Lipinski definition) is 2. The number of piperazine rings is 1. The molecule has 8 heteroatoms. The van der Waals surface area contributed by atoms with Crippen molar-refractivity contribution in [3.63, 3.8) is 0 Å². The molecule has 1 saturated heterocycles. The van der Waals surface area contributed by atoms with Gasteiger partial charge in [-0.15, -0.1) is 0 Å². The maximum Gasteiger partial charge on any atom is 0.224 e. The highest BCUT2D eigenvalue weighted by atomic mass is 16.3. The summed E-state index contributed by atoms with van der Waals surface area (Å²) in [6.45, 7) is 9.19. The van der Waals surface area contributed by atoms with Crippen LogP contribution in [0.4, 0.5) is 5.95 Å².